The summed E-state index contributed by atoms with van der Waals surface area (Å²) in [6.45, 7) is 0. The fourth-order valence-electron chi connectivity index (χ4n) is 3.28. The Balaban J connectivity index is 1.65. The molecule has 2 unspecified atom stereocenters. The summed E-state index contributed by atoms with van der Waals surface area (Å²) in [6, 6.07) is 17.6. The van der Waals surface area contributed by atoms with E-state index in [1.54, 1.807) is 0 Å². The molecule has 20 heavy (non-hydrogen) atoms. The SMILES string of the molecule is BrC1c2ccccc2CC1Cc1csc2ccccc12. The van der Waals surface area contributed by atoms with E-state index in [0.29, 0.717) is 10.7 Å². The maximum absolute atomic E-state index is 3.92. The highest BCUT2D eigenvalue weighted by atomic mass is 79.9. The Bertz CT molecular complexity index is 759. The minimum atomic E-state index is 0.498. The van der Waals surface area contributed by atoms with Crippen LogP contribution in [-0.4, -0.2) is 0 Å². The second-order valence-electron chi connectivity index (χ2n) is 5.53. The third-order valence-electron chi connectivity index (χ3n) is 4.29. The molecular formula is C18H15BrS. The van der Waals surface area contributed by atoms with Crippen molar-refractivity contribution < 1.29 is 0 Å². The molecule has 2 aromatic carbocycles. The molecule has 0 bridgehead atoms. The number of rotatable bonds is 2. The molecule has 0 saturated carbocycles. The molecule has 0 fully saturated rings. The van der Waals surface area contributed by atoms with Crippen LogP contribution in [0.1, 0.15) is 21.5 Å². The van der Waals surface area contributed by atoms with Gasteiger partial charge in [0.1, 0.15) is 0 Å². The molecule has 2 heteroatoms. The van der Waals surface area contributed by atoms with Crippen LogP contribution < -0.4 is 0 Å². The maximum Gasteiger partial charge on any atom is 0.0432 e. The number of thiophene rings is 1. The highest BCUT2D eigenvalue weighted by Crippen LogP contribution is 2.44. The van der Waals surface area contributed by atoms with Gasteiger partial charge in [0.15, 0.2) is 0 Å². The van der Waals surface area contributed by atoms with Gasteiger partial charge in [0.05, 0.1) is 0 Å². The van der Waals surface area contributed by atoms with Crippen molar-refractivity contribution in [3.8, 4) is 0 Å². The van der Waals surface area contributed by atoms with Crippen molar-refractivity contribution in [1.82, 2.24) is 0 Å². The lowest BCUT2D eigenvalue weighted by Gasteiger charge is -2.14. The minimum Gasteiger partial charge on any atom is -0.144 e. The molecule has 0 aliphatic heterocycles. The van der Waals surface area contributed by atoms with Gasteiger partial charge in [0.25, 0.3) is 0 Å². The molecule has 4 rings (SSSR count). The summed E-state index contributed by atoms with van der Waals surface area (Å²) >= 11 is 5.78. The molecule has 1 aliphatic carbocycles. The second-order valence-corrected chi connectivity index (χ2v) is 7.42. The Morgan fingerprint density at radius 3 is 2.75 bits per heavy atom. The van der Waals surface area contributed by atoms with Crippen LogP contribution in [0.3, 0.4) is 0 Å². The Morgan fingerprint density at radius 1 is 1.05 bits per heavy atom. The van der Waals surface area contributed by atoms with Crippen LogP contribution in [0.2, 0.25) is 0 Å². The summed E-state index contributed by atoms with van der Waals surface area (Å²) in [5.74, 6) is 0.672. The van der Waals surface area contributed by atoms with Gasteiger partial charge >= 0.3 is 0 Å². The minimum absolute atomic E-state index is 0.498. The molecule has 0 nitrogen and oxygen atoms in total. The fraction of sp³-hybridized carbons (Fsp3) is 0.222. The zero-order valence-corrected chi connectivity index (χ0v) is 13.5. The van der Waals surface area contributed by atoms with E-state index in [-0.39, 0.29) is 0 Å². The van der Waals surface area contributed by atoms with Gasteiger partial charge in [0.2, 0.25) is 0 Å². The van der Waals surface area contributed by atoms with Crippen LogP contribution in [0.4, 0.5) is 0 Å². The predicted octanol–water partition coefficient (Wildman–Crippen LogP) is 5.75. The molecule has 100 valence electrons. The topological polar surface area (TPSA) is 0 Å². The highest BCUT2D eigenvalue weighted by molar-refractivity contribution is 9.09. The van der Waals surface area contributed by atoms with E-state index in [1.807, 2.05) is 11.3 Å². The maximum atomic E-state index is 3.92. The standard InChI is InChI=1S/C18H15BrS/c19-18-13(9-12-5-1-2-7-16(12)18)10-14-11-20-17-8-4-3-6-15(14)17/h1-8,11,13,18H,9-10H2. The molecule has 1 aromatic heterocycles. The van der Waals surface area contributed by atoms with Gasteiger partial charge in [-0.15, -0.1) is 11.3 Å². The van der Waals surface area contributed by atoms with E-state index in [1.165, 1.54) is 33.2 Å². The molecule has 0 saturated heterocycles. The Morgan fingerprint density at radius 2 is 1.85 bits per heavy atom. The lowest BCUT2D eigenvalue weighted by Crippen LogP contribution is -2.06. The van der Waals surface area contributed by atoms with Crippen molar-refractivity contribution in [2.24, 2.45) is 5.92 Å². The van der Waals surface area contributed by atoms with E-state index >= 15 is 0 Å². The molecular weight excluding hydrogens is 328 g/mol. The summed E-state index contributed by atoms with van der Waals surface area (Å²) in [6.07, 6.45) is 2.35. The smallest absolute Gasteiger partial charge is 0.0432 e. The number of benzene rings is 2. The third kappa shape index (κ3) is 2.02. The van der Waals surface area contributed by atoms with Crippen LogP contribution in [0.5, 0.6) is 0 Å². The normalized spacial score (nSPS) is 21.2. The average Bonchev–Trinajstić information content (AvgIpc) is 3.03. The van der Waals surface area contributed by atoms with Crippen molar-refractivity contribution in [2.75, 3.05) is 0 Å². The fourth-order valence-corrected chi connectivity index (χ4v) is 5.07. The molecule has 1 aliphatic rings. The molecule has 0 radical (unpaired) electrons. The summed E-state index contributed by atoms with van der Waals surface area (Å²) in [5.41, 5.74) is 4.50. The number of hydrogen-bond donors (Lipinski definition) is 0. The molecule has 0 spiro atoms. The Labute approximate surface area is 131 Å². The van der Waals surface area contributed by atoms with E-state index < -0.39 is 0 Å². The van der Waals surface area contributed by atoms with Gasteiger partial charge < -0.3 is 0 Å². The number of fused-ring (bicyclic) bond motifs is 2. The first-order chi connectivity index (χ1) is 9.83. The van der Waals surface area contributed by atoms with Crippen molar-refractivity contribution in [3.63, 3.8) is 0 Å². The average molecular weight is 343 g/mol. The summed E-state index contributed by atoms with van der Waals surface area (Å²) in [7, 11) is 0. The van der Waals surface area contributed by atoms with E-state index in [4.69, 9.17) is 0 Å². The van der Waals surface area contributed by atoms with E-state index in [0.717, 1.165) is 6.42 Å². The summed E-state index contributed by atoms with van der Waals surface area (Å²) < 4.78 is 1.41. The van der Waals surface area contributed by atoms with Crippen molar-refractivity contribution in [3.05, 3.63) is 70.6 Å². The van der Waals surface area contributed by atoms with E-state index in [2.05, 4.69) is 69.8 Å². The lowest BCUT2D eigenvalue weighted by molar-refractivity contribution is 0.558. The van der Waals surface area contributed by atoms with Gasteiger partial charge in [-0.2, -0.15) is 0 Å². The monoisotopic (exact) mass is 342 g/mol. The van der Waals surface area contributed by atoms with Crippen molar-refractivity contribution in [2.45, 2.75) is 17.7 Å². The van der Waals surface area contributed by atoms with Gasteiger partial charge in [-0.3, -0.25) is 0 Å². The van der Waals surface area contributed by atoms with Gasteiger partial charge in [-0.25, -0.2) is 0 Å². The van der Waals surface area contributed by atoms with Crippen molar-refractivity contribution >= 4 is 37.4 Å². The number of hydrogen-bond acceptors (Lipinski definition) is 1. The highest BCUT2D eigenvalue weighted by Gasteiger charge is 2.30. The van der Waals surface area contributed by atoms with Crippen LogP contribution in [0.25, 0.3) is 10.1 Å². The molecule has 0 N–H and O–H groups in total. The molecule has 1 heterocycles. The second kappa shape index (κ2) is 5.01. The zero-order chi connectivity index (χ0) is 13.5. The Hall–Kier alpha value is -1.12. The third-order valence-corrected chi connectivity index (χ3v) is 6.54. The number of halogens is 1. The van der Waals surface area contributed by atoms with E-state index in [9.17, 15) is 0 Å². The van der Waals surface area contributed by atoms with Gasteiger partial charge in [-0.05, 0) is 52.3 Å². The zero-order valence-electron chi connectivity index (χ0n) is 11.1. The summed E-state index contributed by atoms with van der Waals surface area (Å²) in [5, 5.41) is 3.78. The number of alkyl halides is 1. The largest absolute Gasteiger partial charge is 0.144 e. The first-order valence-corrected chi connectivity index (χ1v) is 8.79. The van der Waals surface area contributed by atoms with Gasteiger partial charge in [0, 0.05) is 9.53 Å². The van der Waals surface area contributed by atoms with Gasteiger partial charge in [-0.1, -0.05) is 58.4 Å². The van der Waals surface area contributed by atoms with Crippen LogP contribution in [0.15, 0.2) is 53.9 Å². The molecule has 2 atom stereocenters. The predicted molar refractivity (Wildman–Crippen MR) is 90.8 cm³/mol. The molecule has 0 amide bonds. The lowest BCUT2D eigenvalue weighted by atomic mass is 9.96. The quantitative estimate of drug-likeness (QED) is 0.520. The van der Waals surface area contributed by atoms with Crippen LogP contribution in [0, 0.1) is 5.92 Å². The first kappa shape index (κ1) is 12.6. The van der Waals surface area contributed by atoms with Crippen LogP contribution in [-0.2, 0) is 12.8 Å². The Kier molecular flexibility index (Phi) is 3.16. The molecule has 3 aromatic rings. The van der Waals surface area contributed by atoms with Crippen LogP contribution >= 0.6 is 27.3 Å². The summed E-state index contributed by atoms with van der Waals surface area (Å²) in [4.78, 5) is 0.498. The van der Waals surface area contributed by atoms with Crippen molar-refractivity contribution in [1.29, 1.82) is 0 Å². The first-order valence-electron chi connectivity index (χ1n) is 7.00.